The van der Waals surface area contributed by atoms with E-state index in [1.54, 1.807) is 23.4 Å². The fraction of sp³-hybridized carbons (Fsp3) is 0.333. The summed E-state index contributed by atoms with van der Waals surface area (Å²) in [7, 11) is 0. The first kappa shape index (κ1) is 22.9. The van der Waals surface area contributed by atoms with Crippen LogP contribution in [0.15, 0.2) is 30.6 Å². The van der Waals surface area contributed by atoms with E-state index in [1.807, 2.05) is 4.90 Å². The molecule has 0 radical (unpaired) electrons. The summed E-state index contributed by atoms with van der Waals surface area (Å²) < 4.78 is 5.12. The van der Waals surface area contributed by atoms with Crippen LogP contribution in [-0.4, -0.2) is 82.3 Å². The Bertz CT molecular complexity index is 1080. The highest BCUT2D eigenvalue weighted by Gasteiger charge is 2.42. The molecule has 10 nitrogen and oxygen atoms in total. The summed E-state index contributed by atoms with van der Waals surface area (Å²) in [4.78, 5) is 63.0. The Morgan fingerprint density at radius 1 is 1.00 bits per heavy atom. The molecule has 3 heterocycles. The average Bonchev–Trinajstić information content (AvgIpc) is 3.06. The van der Waals surface area contributed by atoms with Crippen molar-refractivity contribution in [2.24, 2.45) is 0 Å². The van der Waals surface area contributed by atoms with Gasteiger partial charge in [-0.1, -0.05) is 23.2 Å². The van der Waals surface area contributed by atoms with Gasteiger partial charge in [-0.25, -0.2) is 14.8 Å². The molecular formula is C21H19Cl2N5O5. The number of anilines is 1. The number of rotatable bonds is 5. The zero-order valence-corrected chi connectivity index (χ0v) is 19.0. The molecule has 2 aromatic rings. The van der Waals surface area contributed by atoms with Gasteiger partial charge in [0.2, 0.25) is 5.95 Å². The molecule has 1 atom stereocenters. The molecule has 1 aromatic heterocycles. The number of halogens is 2. The number of nitrogens with zero attached hydrogens (tertiary/aromatic N) is 5. The van der Waals surface area contributed by atoms with Crippen LogP contribution in [0.2, 0.25) is 10.0 Å². The Labute approximate surface area is 199 Å². The minimum absolute atomic E-state index is 0.0605. The predicted molar refractivity (Wildman–Crippen MR) is 118 cm³/mol. The third-order valence-electron chi connectivity index (χ3n) is 5.49. The summed E-state index contributed by atoms with van der Waals surface area (Å²) in [5.74, 6) is -2.00. The largest absolute Gasteiger partial charge is 0.454 e. The van der Waals surface area contributed by atoms with Gasteiger partial charge in [0, 0.05) is 38.6 Å². The Hall–Kier alpha value is -3.24. The maximum absolute atomic E-state index is 12.7. The predicted octanol–water partition coefficient (Wildman–Crippen LogP) is 1.66. The van der Waals surface area contributed by atoms with Crippen molar-refractivity contribution in [1.29, 1.82) is 0 Å². The van der Waals surface area contributed by atoms with Crippen molar-refractivity contribution in [2.45, 2.75) is 13.0 Å². The van der Waals surface area contributed by atoms with E-state index >= 15 is 0 Å². The molecule has 2 aliphatic heterocycles. The van der Waals surface area contributed by atoms with Gasteiger partial charge in [0.25, 0.3) is 17.7 Å². The summed E-state index contributed by atoms with van der Waals surface area (Å²) in [6.07, 6.45) is 3.30. The molecule has 0 saturated carbocycles. The molecule has 3 amide bonds. The molecule has 1 aromatic carbocycles. The van der Waals surface area contributed by atoms with E-state index in [0.29, 0.717) is 32.1 Å². The number of hydrogen-bond donors (Lipinski definition) is 0. The summed E-state index contributed by atoms with van der Waals surface area (Å²) in [5.41, 5.74) is 0.121. The van der Waals surface area contributed by atoms with Crippen LogP contribution in [0.25, 0.3) is 0 Å². The average molecular weight is 492 g/mol. The minimum Gasteiger partial charge on any atom is -0.454 e. The van der Waals surface area contributed by atoms with E-state index in [4.69, 9.17) is 27.9 Å². The Kier molecular flexibility index (Phi) is 6.48. The van der Waals surface area contributed by atoms with Gasteiger partial charge in [0.1, 0.15) is 6.04 Å². The van der Waals surface area contributed by atoms with Gasteiger partial charge in [-0.2, -0.15) is 0 Å². The van der Waals surface area contributed by atoms with Crippen molar-refractivity contribution in [3.8, 4) is 0 Å². The van der Waals surface area contributed by atoms with Crippen LogP contribution >= 0.6 is 23.2 Å². The lowest BCUT2D eigenvalue weighted by Gasteiger charge is -2.34. The SMILES string of the molecule is C[C@@H](C(=O)OCC(=O)N1CCN(c2ncccn2)CC1)N1C(=O)c2cc(Cl)c(Cl)cc2C1=O. The van der Waals surface area contributed by atoms with Gasteiger partial charge in [-0.3, -0.25) is 19.3 Å². The molecule has 4 rings (SSSR count). The summed E-state index contributed by atoms with van der Waals surface area (Å²) in [5, 5.41) is 0.247. The number of imide groups is 1. The molecule has 172 valence electrons. The van der Waals surface area contributed by atoms with E-state index in [1.165, 1.54) is 19.1 Å². The maximum Gasteiger partial charge on any atom is 0.329 e. The smallest absolute Gasteiger partial charge is 0.329 e. The monoisotopic (exact) mass is 491 g/mol. The van der Waals surface area contributed by atoms with Crippen LogP contribution in [-0.2, 0) is 14.3 Å². The number of carbonyl (C=O) groups excluding carboxylic acids is 4. The topological polar surface area (TPSA) is 113 Å². The molecule has 1 saturated heterocycles. The molecule has 1 fully saturated rings. The lowest BCUT2D eigenvalue weighted by molar-refractivity contribution is -0.154. The highest BCUT2D eigenvalue weighted by molar-refractivity contribution is 6.43. The summed E-state index contributed by atoms with van der Waals surface area (Å²) >= 11 is 11.9. The van der Waals surface area contributed by atoms with E-state index in [-0.39, 0.29) is 27.1 Å². The number of aromatic nitrogens is 2. The van der Waals surface area contributed by atoms with E-state index in [9.17, 15) is 19.2 Å². The van der Waals surface area contributed by atoms with E-state index in [0.717, 1.165) is 4.90 Å². The lowest BCUT2D eigenvalue weighted by Crippen LogP contribution is -2.50. The number of ether oxygens (including phenoxy) is 1. The van der Waals surface area contributed by atoms with Crippen molar-refractivity contribution in [1.82, 2.24) is 19.8 Å². The van der Waals surface area contributed by atoms with Gasteiger partial charge in [0.05, 0.1) is 21.2 Å². The molecule has 0 unspecified atom stereocenters. The van der Waals surface area contributed by atoms with Crippen molar-refractivity contribution in [2.75, 3.05) is 37.7 Å². The molecule has 0 aliphatic carbocycles. The number of hydrogen-bond acceptors (Lipinski definition) is 8. The molecule has 0 bridgehead atoms. The zero-order chi connectivity index (χ0) is 23.7. The minimum atomic E-state index is -1.23. The Morgan fingerprint density at radius 3 is 2.09 bits per heavy atom. The van der Waals surface area contributed by atoms with E-state index < -0.39 is 30.4 Å². The molecule has 0 N–H and O–H groups in total. The third-order valence-corrected chi connectivity index (χ3v) is 6.21. The van der Waals surface area contributed by atoms with Crippen LogP contribution in [0.4, 0.5) is 5.95 Å². The van der Waals surface area contributed by atoms with Gasteiger partial charge in [0.15, 0.2) is 6.61 Å². The maximum atomic E-state index is 12.7. The first-order valence-corrected chi connectivity index (χ1v) is 10.9. The number of esters is 1. The number of amides is 3. The molecule has 2 aliphatic rings. The molecule has 33 heavy (non-hydrogen) atoms. The van der Waals surface area contributed by atoms with Crippen LogP contribution in [0.3, 0.4) is 0 Å². The van der Waals surface area contributed by atoms with Crippen molar-refractivity contribution < 1.29 is 23.9 Å². The second-order valence-corrected chi connectivity index (χ2v) is 8.31. The second kappa shape index (κ2) is 9.32. The van der Waals surface area contributed by atoms with Crippen molar-refractivity contribution >= 4 is 52.8 Å². The zero-order valence-electron chi connectivity index (χ0n) is 17.5. The van der Waals surface area contributed by atoms with Crippen LogP contribution < -0.4 is 4.90 Å². The second-order valence-electron chi connectivity index (χ2n) is 7.49. The van der Waals surface area contributed by atoms with Crippen LogP contribution in [0.1, 0.15) is 27.6 Å². The number of benzene rings is 1. The lowest BCUT2D eigenvalue weighted by atomic mass is 10.1. The molecule has 12 heteroatoms. The summed E-state index contributed by atoms with van der Waals surface area (Å²) in [6.45, 7) is 2.79. The first-order valence-electron chi connectivity index (χ1n) is 10.1. The summed E-state index contributed by atoms with van der Waals surface area (Å²) in [6, 6.07) is 3.09. The van der Waals surface area contributed by atoms with Crippen LogP contribution in [0.5, 0.6) is 0 Å². The quantitative estimate of drug-likeness (QED) is 0.458. The van der Waals surface area contributed by atoms with E-state index in [2.05, 4.69) is 9.97 Å². The highest BCUT2D eigenvalue weighted by Crippen LogP contribution is 2.32. The standard InChI is InChI=1S/C21H19Cl2N5O5/c1-12(28-18(30)13-9-15(22)16(23)10-14(13)19(28)31)20(32)33-11-17(29)26-5-7-27(8-6-26)21-24-3-2-4-25-21/h2-4,9-10,12H,5-8,11H2,1H3/t12-/m0/s1. The fourth-order valence-corrected chi connectivity index (χ4v) is 3.99. The van der Waals surface area contributed by atoms with Crippen molar-refractivity contribution in [3.63, 3.8) is 0 Å². The normalized spacial score (nSPS) is 16.6. The number of carbonyl (C=O) groups is 4. The number of piperazine rings is 1. The molecular weight excluding hydrogens is 473 g/mol. The van der Waals surface area contributed by atoms with Gasteiger partial charge >= 0.3 is 5.97 Å². The highest BCUT2D eigenvalue weighted by atomic mass is 35.5. The van der Waals surface area contributed by atoms with Crippen molar-refractivity contribution in [3.05, 3.63) is 51.8 Å². The Morgan fingerprint density at radius 2 is 1.55 bits per heavy atom. The first-order chi connectivity index (χ1) is 15.8. The number of fused-ring (bicyclic) bond motifs is 1. The Balaban J connectivity index is 1.31. The fourth-order valence-electron chi connectivity index (χ4n) is 3.66. The van der Waals surface area contributed by atoms with Gasteiger partial charge in [-0.05, 0) is 25.1 Å². The van der Waals surface area contributed by atoms with Crippen LogP contribution in [0, 0.1) is 0 Å². The third kappa shape index (κ3) is 4.49. The van der Waals surface area contributed by atoms with Gasteiger partial charge < -0.3 is 14.5 Å². The molecule has 0 spiro atoms. The van der Waals surface area contributed by atoms with Gasteiger partial charge in [-0.15, -0.1) is 0 Å².